The van der Waals surface area contributed by atoms with E-state index >= 15 is 0 Å². The van der Waals surface area contributed by atoms with E-state index in [0.717, 1.165) is 4.70 Å². The summed E-state index contributed by atoms with van der Waals surface area (Å²) in [5.41, 5.74) is -3.76. The van der Waals surface area contributed by atoms with Gasteiger partial charge in [-0.05, 0) is 42.4 Å². The molecule has 0 saturated heterocycles. The van der Waals surface area contributed by atoms with E-state index in [9.17, 15) is 17.6 Å². The first kappa shape index (κ1) is 15.3. The Morgan fingerprint density at radius 1 is 1.20 bits per heavy atom. The maximum atomic E-state index is 14.9. The summed E-state index contributed by atoms with van der Waals surface area (Å²) in [4.78, 5) is 0. The second-order valence-electron chi connectivity index (χ2n) is 4.66. The number of likely N-dealkylation sites (N-methyl/N-ethyl adjacent to an activating group) is 1. The highest BCUT2D eigenvalue weighted by Gasteiger charge is 2.60. The van der Waals surface area contributed by atoms with Crippen molar-refractivity contribution in [3.8, 4) is 0 Å². The molecule has 0 aliphatic carbocycles. The van der Waals surface area contributed by atoms with E-state index in [1.54, 1.807) is 18.4 Å². The van der Waals surface area contributed by atoms with Crippen molar-refractivity contribution in [1.82, 2.24) is 5.32 Å². The predicted molar refractivity (Wildman–Crippen MR) is 73.8 cm³/mol. The summed E-state index contributed by atoms with van der Waals surface area (Å²) >= 11 is 1.41. The number of nitrogens with one attached hydrogen (secondary N) is 1. The van der Waals surface area contributed by atoms with Gasteiger partial charge in [0.2, 0.25) is 5.67 Å². The molecule has 0 aliphatic heterocycles. The number of hydrogen-bond donors (Lipinski definition) is 1. The molecule has 2 aromatic rings. The molecule has 2 unspecified atom stereocenters. The predicted octanol–water partition coefficient (Wildman–Crippen LogP) is 4.63. The van der Waals surface area contributed by atoms with Crippen molar-refractivity contribution in [3.63, 3.8) is 0 Å². The Kier molecular flexibility index (Phi) is 4.07. The lowest BCUT2D eigenvalue weighted by Gasteiger charge is -2.34. The summed E-state index contributed by atoms with van der Waals surface area (Å²) in [5, 5.41) is 4.94. The quantitative estimate of drug-likeness (QED) is 0.812. The van der Waals surface area contributed by atoms with Crippen LogP contribution in [0.5, 0.6) is 0 Å². The van der Waals surface area contributed by atoms with E-state index in [1.807, 2.05) is 0 Å². The lowest BCUT2D eigenvalue weighted by molar-refractivity contribution is -0.244. The first-order valence-electron chi connectivity index (χ1n) is 6.27. The maximum absolute atomic E-state index is 14.9. The highest BCUT2D eigenvalue weighted by molar-refractivity contribution is 7.17. The third-order valence-corrected chi connectivity index (χ3v) is 4.29. The van der Waals surface area contributed by atoms with Crippen LogP contribution in [0, 0.1) is 0 Å². The summed E-state index contributed by atoms with van der Waals surface area (Å²) in [6, 6.07) is 4.38. The van der Waals surface area contributed by atoms with Crippen molar-refractivity contribution >= 4 is 21.4 Å². The molecule has 6 heteroatoms. The highest BCUT2D eigenvalue weighted by atomic mass is 32.1. The van der Waals surface area contributed by atoms with Gasteiger partial charge < -0.3 is 5.32 Å². The van der Waals surface area contributed by atoms with Crippen LogP contribution in [0.15, 0.2) is 29.6 Å². The van der Waals surface area contributed by atoms with E-state index in [-0.39, 0.29) is 12.1 Å². The highest BCUT2D eigenvalue weighted by Crippen LogP contribution is 2.46. The van der Waals surface area contributed by atoms with E-state index in [2.05, 4.69) is 5.32 Å². The van der Waals surface area contributed by atoms with Crippen LogP contribution in [-0.2, 0) is 5.67 Å². The Labute approximate surface area is 118 Å². The van der Waals surface area contributed by atoms with Crippen LogP contribution in [0.1, 0.15) is 19.4 Å². The lowest BCUT2D eigenvalue weighted by atomic mass is 9.87. The van der Waals surface area contributed by atoms with E-state index < -0.39 is 17.9 Å². The van der Waals surface area contributed by atoms with Crippen LogP contribution < -0.4 is 5.32 Å². The fourth-order valence-corrected chi connectivity index (χ4v) is 3.07. The minimum absolute atomic E-state index is 0.267. The molecule has 1 N–H and O–H groups in total. The van der Waals surface area contributed by atoms with Crippen molar-refractivity contribution in [3.05, 3.63) is 35.2 Å². The number of thiophene rings is 1. The molecule has 0 radical (unpaired) electrons. The van der Waals surface area contributed by atoms with Gasteiger partial charge in [-0.1, -0.05) is 13.0 Å². The van der Waals surface area contributed by atoms with Crippen LogP contribution in [0.3, 0.4) is 0 Å². The molecule has 0 amide bonds. The Bertz CT molecular complexity index is 592. The van der Waals surface area contributed by atoms with Crippen molar-refractivity contribution in [2.24, 2.45) is 0 Å². The van der Waals surface area contributed by atoms with Crippen LogP contribution in [0.2, 0.25) is 0 Å². The van der Waals surface area contributed by atoms with E-state index in [0.29, 0.717) is 5.39 Å². The molecule has 0 spiro atoms. The number of alkyl halides is 4. The van der Waals surface area contributed by atoms with Crippen molar-refractivity contribution in [2.75, 3.05) is 6.54 Å². The van der Waals surface area contributed by atoms with Gasteiger partial charge >= 0.3 is 6.18 Å². The average molecular weight is 305 g/mol. The maximum Gasteiger partial charge on any atom is 0.428 e. The van der Waals surface area contributed by atoms with Gasteiger partial charge in [-0.3, -0.25) is 0 Å². The molecule has 0 bridgehead atoms. The number of benzene rings is 1. The topological polar surface area (TPSA) is 12.0 Å². The van der Waals surface area contributed by atoms with Gasteiger partial charge in [-0.2, -0.15) is 13.2 Å². The zero-order valence-corrected chi connectivity index (χ0v) is 11.9. The van der Waals surface area contributed by atoms with Crippen LogP contribution in [0.4, 0.5) is 17.6 Å². The summed E-state index contributed by atoms with van der Waals surface area (Å²) < 4.78 is 55.5. The van der Waals surface area contributed by atoms with Gasteiger partial charge in [0.05, 0.1) is 6.04 Å². The average Bonchev–Trinajstić information content (AvgIpc) is 2.83. The Balaban J connectivity index is 2.55. The molecular weight excluding hydrogens is 290 g/mol. The van der Waals surface area contributed by atoms with Crippen LogP contribution in [0.25, 0.3) is 10.1 Å². The summed E-state index contributed by atoms with van der Waals surface area (Å²) in [6.07, 6.45) is -4.97. The largest absolute Gasteiger partial charge is 0.428 e. The van der Waals surface area contributed by atoms with Gasteiger partial charge in [0.15, 0.2) is 0 Å². The third kappa shape index (κ3) is 2.42. The first-order valence-corrected chi connectivity index (χ1v) is 7.15. The minimum atomic E-state index is -4.97. The molecule has 1 heterocycles. The SMILES string of the molecule is CCNC(C)C(F)(c1ccc2sccc2c1)C(F)(F)F. The molecule has 110 valence electrons. The third-order valence-electron chi connectivity index (χ3n) is 3.39. The number of hydrogen-bond acceptors (Lipinski definition) is 2. The fourth-order valence-electron chi connectivity index (χ4n) is 2.30. The number of rotatable bonds is 4. The first-order chi connectivity index (χ1) is 9.30. The normalized spacial score (nSPS) is 17.1. The van der Waals surface area contributed by atoms with Crippen molar-refractivity contribution in [1.29, 1.82) is 0 Å². The Morgan fingerprint density at radius 3 is 2.50 bits per heavy atom. The van der Waals surface area contributed by atoms with Crippen LogP contribution >= 0.6 is 11.3 Å². The molecule has 0 aliphatic rings. The van der Waals surface area contributed by atoms with Gasteiger partial charge in [0.25, 0.3) is 0 Å². The van der Waals surface area contributed by atoms with Crippen molar-refractivity contribution < 1.29 is 17.6 Å². The van der Waals surface area contributed by atoms with Gasteiger partial charge in [-0.15, -0.1) is 11.3 Å². The smallest absolute Gasteiger partial charge is 0.311 e. The molecule has 1 aromatic heterocycles. The Morgan fingerprint density at radius 2 is 1.90 bits per heavy atom. The van der Waals surface area contributed by atoms with Gasteiger partial charge in [-0.25, -0.2) is 4.39 Å². The van der Waals surface area contributed by atoms with Crippen molar-refractivity contribution in [2.45, 2.75) is 31.7 Å². The van der Waals surface area contributed by atoms with Gasteiger partial charge in [0.1, 0.15) is 0 Å². The zero-order valence-electron chi connectivity index (χ0n) is 11.1. The lowest BCUT2D eigenvalue weighted by Crippen LogP contribution is -2.53. The molecule has 2 atom stereocenters. The van der Waals surface area contributed by atoms with E-state index in [1.165, 1.54) is 36.5 Å². The second-order valence-corrected chi connectivity index (χ2v) is 5.61. The summed E-state index contributed by atoms with van der Waals surface area (Å²) in [6.45, 7) is 3.13. The summed E-state index contributed by atoms with van der Waals surface area (Å²) in [5.74, 6) is 0. The molecular formula is C14H15F4NS. The second kappa shape index (κ2) is 5.33. The molecule has 0 saturated carbocycles. The van der Waals surface area contributed by atoms with Crippen LogP contribution in [-0.4, -0.2) is 18.8 Å². The minimum Gasteiger partial charge on any atom is -0.311 e. The standard InChI is InChI=1S/C14H15F4NS/c1-3-19-9(2)13(15,14(16,17)18)11-4-5-12-10(8-11)6-7-20-12/h4-9,19H,3H2,1-2H3. The molecule has 2 rings (SSSR count). The Hall–Kier alpha value is -1.14. The zero-order chi connectivity index (χ0) is 15.0. The molecule has 1 nitrogen and oxygen atoms in total. The molecule has 1 aromatic carbocycles. The van der Waals surface area contributed by atoms with Gasteiger partial charge in [0, 0.05) is 10.3 Å². The summed E-state index contributed by atoms with van der Waals surface area (Å²) in [7, 11) is 0. The fraction of sp³-hybridized carbons (Fsp3) is 0.429. The number of halogens is 4. The molecule has 0 fully saturated rings. The number of fused-ring (bicyclic) bond motifs is 1. The molecule has 20 heavy (non-hydrogen) atoms. The van der Waals surface area contributed by atoms with E-state index in [4.69, 9.17) is 0 Å². The monoisotopic (exact) mass is 305 g/mol.